The molecule has 1 saturated carbocycles. The van der Waals surface area contributed by atoms with Crippen molar-refractivity contribution in [1.29, 1.82) is 0 Å². The first-order chi connectivity index (χ1) is 8.52. The summed E-state index contributed by atoms with van der Waals surface area (Å²) in [5.41, 5.74) is 0.390. The molecule has 0 amide bonds. The Balaban J connectivity index is 1.88. The average molecular weight is 255 g/mol. The van der Waals surface area contributed by atoms with Gasteiger partial charge in [-0.3, -0.25) is 4.90 Å². The molecule has 0 aromatic rings. The van der Waals surface area contributed by atoms with Crippen molar-refractivity contribution in [3.05, 3.63) is 0 Å². The summed E-state index contributed by atoms with van der Waals surface area (Å²) in [6.45, 7) is 9.73. The molecule has 2 atom stereocenters. The summed E-state index contributed by atoms with van der Waals surface area (Å²) >= 11 is 0. The predicted octanol–water partition coefficient (Wildman–Crippen LogP) is 2.43. The lowest BCUT2D eigenvalue weighted by Gasteiger charge is -2.46. The number of piperidine rings is 1. The zero-order chi connectivity index (χ0) is 13.2. The van der Waals surface area contributed by atoms with Crippen LogP contribution in [0.15, 0.2) is 0 Å². The summed E-state index contributed by atoms with van der Waals surface area (Å²) in [6, 6.07) is 0.372. The zero-order valence-corrected chi connectivity index (χ0v) is 12.2. The second-order valence-corrected chi connectivity index (χ2v) is 6.73. The fraction of sp³-hybridized carbons (Fsp3) is 1.00. The van der Waals surface area contributed by atoms with Crippen LogP contribution in [0.2, 0.25) is 0 Å². The second-order valence-electron chi connectivity index (χ2n) is 6.73. The molecule has 0 aromatic carbocycles. The summed E-state index contributed by atoms with van der Waals surface area (Å²) in [6.07, 6.45) is 5.81. The largest absolute Gasteiger partial charge is 0.391 e. The van der Waals surface area contributed by atoms with Gasteiger partial charge >= 0.3 is 0 Å². The first-order valence-electron chi connectivity index (χ1n) is 7.55. The highest BCUT2D eigenvalue weighted by Gasteiger charge is 2.38. The van der Waals surface area contributed by atoms with Crippen molar-refractivity contribution in [3.63, 3.8) is 0 Å². The predicted molar refractivity (Wildman–Crippen MR) is 73.6 cm³/mol. The van der Waals surface area contributed by atoms with Gasteiger partial charge in [-0.2, -0.15) is 0 Å². The molecule has 2 rings (SSSR count). The number of rotatable bonds is 3. The Morgan fingerprint density at radius 2 is 1.89 bits per heavy atom. The Morgan fingerprint density at radius 3 is 2.50 bits per heavy atom. The molecule has 1 aliphatic heterocycles. The number of hydrogen-bond donors (Lipinski definition) is 1. The van der Waals surface area contributed by atoms with E-state index < -0.39 is 0 Å². The maximum Gasteiger partial charge on any atom is 0.0695 e. The van der Waals surface area contributed by atoms with Crippen LogP contribution in [0.4, 0.5) is 0 Å². The van der Waals surface area contributed by atoms with Gasteiger partial charge in [0.25, 0.3) is 0 Å². The van der Waals surface area contributed by atoms with Crippen LogP contribution in [-0.2, 0) is 4.74 Å². The van der Waals surface area contributed by atoms with Crippen LogP contribution in [-0.4, -0.2) is 48.0 Å². The molecule has 3 heteroatoms. The van der Waals surface area contributed by atoms with E-state index in [1.165, 1.54) is 0 Å². The van der Waals surface area contributed by atoms with Crippen LogP contribution in [0.3, 0.4) is 0 Å². The van der Waals surface area contributed by atoms with Gasteiger partial charge in [-0.05, 0) is 44.4 Å². The summed E-state index contributed by atoms with van der Waals surface area (Å²) in [7, 11) is 0. The highest BCUT2D eigenvalue weighted by molar-refractivity contribution is 4.92. The summed E-state index contributed by atoms with van der Waals surface area (Å²) in [5.74, 6) is 0. The summed E-state index contributed by atoms with van der Waals surface area (Å²) in [4.78, 5) is 2.50. The SMILES string of the molecule is CCOC1CCN(C2CC(C)(C)CCC2O)CC1. The number of ether oxygens (including phenoxy) is 1. The standard InChI is InChI=1S/C15H29NO2/c1-4-18-12-6-9-16(10-7-12)13-11-15(2,3)8-5-14(13)17/h12-14,17H,4-11H2,1-3H3. The van der Waals surface area contributed by atoms with E-state index in [-0.39, 0.29) is 6.10 Å². The number of nitrogens with zero attached hydrogens (tertiary/aromatic N) is 1. The summed E-state index contributed by atoms with van der Waals surface area (Å²) in [5, 5.41) is 10.2. The minimum absolute atomic E-state index is 0.123. The monoisotopic (exact) mass is 255 g/mol. The van der Waals surface area contributed by atoms with Crippen molar-refractivity contribution in [2.24, 2.45) is 5.41 Å². The lowest BCUT2D eigenvalue weighted by molar-refractivity contribution is -0.0506. The molecular weight excluding hydrogens is 226 g/mol. The first-order valence-corrected chi connectivity index (χ1v) is 7.55. The highest BCUT2D eigenvalue weighted by atomic mass is 16.5. The molecule has 1 N–H and O–H groups in total. The van der Waals surface area contributed by atoms with E-state index in [1.807, 2.05) is 0 Å². The Bertz CT molecular complexity index is 259. The number of aliphatic hydroxyl groups is 1. The van der Waals surface area contributed by atoms with E-state index in [4.69, 9.17) is 4.74 Å². The molecule has 2 aliphatic rings. The first kappa shape index (κ1) is 14.3. The lowest BCUT2D eigenvalue weighted by Crippen LogP contribution is -2.52. The maximum atomic E-state index is 10.2. The Hall–Kier alpha value is -0.120. The van der Waals surface area contributed by atoms with Gasteiger partial charge in [0.1, 0.15) is 0 Å². The molecule has 106 valence electrons. The van der Waals surface area contributed by atoms with Gasteiger partial charge in [0, 0.05) is 25.7 Å². The van der Waals surface area contributed by atoms with Gasteiger partial charge in [-0.15, -0.1) is 0 Å². The zero-order valence-electron chi connectivity index (χ0n) is 12.2. The van der Waals surface area contributed by atoms with Crippen LogP contribution >= 0.6 is 0 Å². The minimum Gasteiger partial charge on any atom is -0.391 e. The smallest absolute Gasteiger partial charge is 0.0695 e. The molecule has 2 unspecified atom stereocenters. The number of likely N-dealkylation sites (tertiary alicyclic amines) is 1. The molecule has 18 heavy (non-hydrogen) atoms. The fourth-order valence-electron chi connectivity index (χ4n) is 3.52. The number of hydrogen-bond acceptors (Lipinski definition) is 3. The molecule has 0 bridgehead atoms. The van der Waals surface area contributed by atoms with Crippen LogP contribution in [0.25, 0.3) is 0 Å². The molecular formula is C15H29NO2. The maximum absolute atomic E-state index is 10.2. The third kappa shape index (κ3) is 3.46. The average Bonchev–Trinajstić information content (AvgIpc) is 2.34. The van der Waals surface area contributed by atoms with Crippen molar-refractivity contribution >= 4 is 0 Å². The molecule has 0 spiro atoms. The van der Waals surface area contributed by atoms with Gasteiger partial charge in [0.2, 0.25) is 0 Å². The topological polar surface area (TPSA) is 32.7 Å². The Kier molecular flexibility index (Phi) is 4.68. The van der Waals surface area contributed by atoms with E-state index in [1.54, 1.807) is 0 Å². The van der Waals surface area contributed by atoms with Gasteiger partial charge in [-0.1, -0.05) is 13.8 Å². The molecule has 2 fully saturated rings. The minimum atomic E-state index is -0.123. The van der Waals surface area contributed by atoms with E-state index in [9.17, 15) is 5.11 Å². The highest BCUT2D eigenvalue weighted by Crippen LogP contribution is 2.38. The van der Waals surface area contributed by atoms with Crippen LogP contribution in [0.5, 0.6) is 0 Å². The van der Waals surface area contributed by atoms with Gasteiger partial charge < -0.3 is 9.84 Å². The Morgan fingerprint density at radius 1 is 1.22 bits per heavy atom. The summed E-state index contributed by atoms with van der Waals surface area (Å²) < 4.78 is 5.70. The van der Waals surface area contributed by atoms with Crippen LogP contribution in [0, 0.1) is 5.41 Å². The van der Waals surface area contributed by atoms with E-state index in [2.05, 4.69) is 25.7 Å². The molecule has 0 aromatic heterocycles. The number of aliphatic hydroxyl groups excluding tert-OH is 1. The lowest BCUT2D eigenvalue weighted by atomic mass is 9.73. The van der Waals surface area contributed by atoms with Crippen molar-refractivity contribution in [1.82, 2.24) is 4.90 Å². The molecule has 1 heterocycles. The normalized spacial score (nSPS) is 34.7. The van der Waals surface area contributed by atoms with E-state index in [0.717, 1.165) is 51.8 Å². The van der Waals surface area contributed by atoms with Crippen LogP contribution in [0.1, 0.15) is 52.9 Å². The third-order valence-electron chi connectivity index (χ3n) is 4.67. The van der Waals surface area contributed by atoms with Crippen LogP contribution < -0.4 is 0 Å². The van der Waals surface area contributed by atoms with Crippen molar-refractivity contribution < 1.29 is 9.84 Å². The third-order valence-corrected chi connectivity index (χ3v) is 4.67. The Labute approximate surface area is 112 Å². The quantitative estimate of drug-likeness (QED) is 0.840. The van der Waals surface area contributed by atoms with Gasteiger partial charge in [0.15, 0.2) is 0 Å². The van der Waals surface area contributed by atoms with Crippen molar-refractivity contribution in [2.75, 3.05) is 19.7 Å². The van der Waals surface area contributed by atoms with Gasteiger partial charge in [-0.25, -0.2) is 0 Å². The molecule has 1 saturated heterocycles. The molecule has 1 aliphatic carbocycles. The molecule has 3 nitrogen and oxygen atoms in total. The van der Waals surface area contributed by atoms with Crippen molar-refractivity contribution in [3.8, 4) is 0 Å². The van der Waals surface area contributed by atoms with E-state index in [0.29, 0.717) is 17.6 Å². The fourth-order valence-corrected chi connectivity index (χ4v) is 3.52. The van der Waals surface area contributed by atoms with Crippen molar-refractivity contribution in [2.45, 2.75) is 71.1 Å². The van der Waals surface area contributed by atoms with Gasteiger partial charge in [0.05, 0.1) is 12.2 Å². The molecule has 0 radical (unpaired) electrons. The van der Waals surface area contributed by atoms with E-state index >= 15 is 0 Å². The second kappa shape index (κ2) is 5.89.